The molecule has 0 heterocycles. The molecule has 0 bridgehead atoms. The van der Waals surface area contributed by atoms with Crippen molar-refractivity contribution in [2.45, 2.75) is 12.5 Å². The minimum Gasteiger partial charge on any atom is -0.490 e. The predicted octanol–water partition coefficient (Wildman–Crippen LogP) is 0.441. The number of aliphatic hydroxyl groups is 1. The van der Waals surface area contributed by atoms with E-state index < -0.39 is 11.5 Å². The van der Waals surface area contributed by atoms with Crippen LogP contribution in [0, 0.1) is 5.82 Å². The van der Waals surface area contributed by atoms with E-state index in [1.807, 2.05) is 0 Å². The number of halogens is 1. The lowest BCUT2D eigenvalue weighted by Gasteiger charge is -2.19. The molecule has 0 aliphatic rings. The average Bonchev–Trinajstić information content (AvgIpc) is 2.17. The molecule has 0 aliphatic heterocycles. The molecule has 0 spiro atoms. The van der Waals surface area contributed by atoms with Crippen molar-refractivity contribution >= 4 is 5.91 Å². The maximum Gasteiger partial charge on any atom is 0.252 e. The zero-order valence-corrected chi connectivity index (χ0v) is 8.24. The van der Waals surface area contributed by atoms with E-state index in [9.17, 15) is 14.3 Å². The van der Waals surface area contributed by atoms with Crippen molar-refractivity contribution < 1.29 is 19.0 Å². The van der Waals surface area contributed by atoms with Crippen LogP contribution in [0.3, 0.4) is 0 Å². The molecule has 3 N–H and O–H groups in total. The number of hydrogen-bond acceptors (Lipinski definition) is 3. The first-order chi connectivity index (χ1) is 6.92. The number of carbonyl (C=O) groups is 1. The second-order valence-electron chi connectivity index (χ2n) is 3.38. The molecule has 0 saturated carbocycles. The summed E-state index contributed by atoms with van der Waals surface area (Å²) < 4.78 is 17.6. The number of hydrogen-bond donors (Lipinski definition) is 2. The molecule has 0 aromatic heterocycles. The third-order valence-electron chi connectivity index (χ3n) is 1.86. The third-order valence-corrected chi connectivity index (χ3v) is 1.86. The van der Waals surface area contributed by atoms with Gasteiger partial charge >= 0.3 is 0 Å². The van der Waals surface area contributed by atoms with Crippen LogP contribution in [-0.4, -0.2) is 23.2 Å². The Hall–Kier alpha value is -1.62. The second-order valence-corrected chi connectivity index (χ2v) is 3.38. The molecule has 0 aliphatic carbocycles. The number of nitrogens with two attached hydrogens (primary N) is 1. The Labute approximate surface area is 86.5 Å². The summed E-state index contributed by atoms with van der Waals surface area (Å²) in [6, 6.07) is 5.22. The summed E-state index contributed by atoms with van der Waals surface area (Å²) in [6.45, 7) is 0.979. The van der Waals surface area contributed by atoms with Gasteiger partial charge in [-0.25, -0.2) is 4.39 Å². The zero-order chi connectivity index (χ0) is 11.5. The van der Waals surface area contributed by atoms with Crippen molar-refractivity contribution in [2.24, 2.45) is 5.73 Å². The van der Waals surface area contributed by atoms with Crippen LogP contribution in [-0.2, 0) is 4.79 Å². The molecule has 0 saturated heterocycles. The Bertz CT molecular complexity index is 348. The number of amides is 1. The highest BCUT2D eigenvalue weighted by Gasteiger charge is 2.28. The van der Waals surface area contributed by atoms with Gasteiger partial charge in [-0.1, -0.05) is 0 Å². The molecular formula is C10H12FNO3. The molecule has 1 rings (SSSR count). The van der Waals surface area contributed by atoms with E-state index in [0.717, 1.165) is 0 Å². The Balaban J connectivity index is 2.57. The average molecular weight is 213 g/mol. The highest BCUT2D eigenvalue weighted by Crippen LogP contribution is 2.13. The van der Waals surface area contributed by atoms with Crippen LogP contribution in [0.2, 0.25) is 0 Å². The van der Waals surface area contributed by atoms with Crippen molar-refractivity contribution in [3.05, 3.63) is 30.1 Å². The minimum absolute atomic E-state index is 0.270. The van der Waals surface area contributed by atoms with Crippen molar-refractivity contribution in [3.8, 4) is 5.75 Å². The second kappa shape index (κ2) is 4.27. The van der Waals surface area contributed by atoms with E-state index in [0.29, 0.717) is 5.75 Å². The highest BCUT2D eigenvalue weighted by molar-refractivity contribution is 5.82. The Morgan fingerprint density at radius 2 is 2.07 bits per heavy atom. The Kier molecular flexibility index (Phi) is 3.26. The zero-order valence-electron chi connectivity index (χ0n) is 8.24. The number of ether oxygens (including phenoxy) is 1. The first kappa shape index (κ1) is 11.5. The highest BCUT2D eigenvalue weighted by atomic mass is 19.1. The van der Waals surface area contributed by atoms with Crippen LogP contribution in [0.15, 0.2) is 24.3 Å². The van der Waals surface area contributed by atoms with Crippen molar-refractivity contribution in [1.82, 2.24) is 0 Å². The van der Waals surface area contributed by atoms with Gasteiger partial charge in [0.25, 0.3) is 5.91 Å². The van der Waals surface area contributed by atoms with E-state index in [1.54, 1.807) is 0 Å². The topological polar surface area (TPSA) is 72.6 Å². The van der Waals surface area contributed by atoms with Gasteiger partial charge in [0.1, 0.15) is 18.2 Å². The van der Waals surface area contributed by atoms with Gasteiger partial charge in [0.2, 0.25) is 0 Å². The molecule has 1 unspecified atom stereocenters. The summed E-state index contributed by atoms with van der Waals surface area (Å²) in [7, 11) is 0. The molecule has 0 radical (unpaired) electrons. The fourth-order valence-electron chi connectivity index (χ4n) is 0.826. The SMILES string of the molecule is CC(O)(COc1ccc(F)cc1)C(N)=O. The van der Waals surface area contributed by atoms with Crippen LogP contribution in [0.25, 0.3) is 0 Å². The minimum atomic E-state index is -1.73. The third kappa shape index (κ3) is 3.21. The van der Waals surface area contributed by atoms with Crippen LogP contribution in [0.4, 0.5) is 4.39 Å². The van der Waals surface area contributed by atoms with Gasteiger partial charge < -0.3 is 15.6 Å². The van der Waals surface area contributed by atoms with Gasteiger partial charge in [0.05, 0.1) is 0 Å². The van der Waals surface area contributed by atoms with E-state index in [4.69, 9.17) is 10.5 Å². The Morgan fingerprint density at radius 3 is 2.53 bits per heavy atom. The molecule has 1 amide bonds. The lowest BCUT2D eigenvalue weighted by Crippen LogP contribution is -2.45. The molecule has 5 heteroatoms. The first-order valence-electron chi connectivity index (χ1n) is 4.32. The van der Waals surface area contributed by atoms with Crippen LogP contribution in [0.5, 0.6) is 5.75 Å². The number of benzene rings is 1. The quantitative estimate of drug-likeness (QED) is 0.762. The van der Waals surface area contributed by atoms with Gasteiger partial charge in [-0.2, -0.15) is 0 Å². The summed E-state index contributed by atoms with van der Waals surface area (Å²) in [5, 5.41) is 9.43. The van der Waals surface area contributed by atoms with Crippen LogP contribution < -0.4 is 10.5 Å². The standard InChI is InChI=1S/C10H12FNO3/c1-10(14,9(12)13)6-15-8-4-2-7(11)3-5-8/h2-5,14H,6H2,1H3,(H2,12,13). The molecule has 1 aromatic rings. The van der Waals surface area contributed by atoms with Crippen LogP contribution in [0.1, 0.15) is 6.92 Å². The van der Waals surface area contributed by atoms with E-state index in [2.05, 4.69) is 0 Å². The summed E-state index contributed by atoms with van der Waals surface area (Å²) in [5.41, 5.74) is 3.20. The normalized spacial score (nSPS) is 14.3. The lowest BCUT2D eigenvalue weighted by atomic mass is 10.1. The molecule has 15 heavy (non-hydrogen) atoms. The molecule has 0 fully saturated rings. The van der Waals surface area contributed by atoms with Gasteiger partial charge in [-0.15, -0.1) is 0 Å². The van der Waals surface area contributed by atoms with E-state index in [-0.39, 0.29) is 12.4 Å². The van der Waals surface area contributed by atoms with Gasteiger partial charge in [-0.3, -0.25) is 4.79 Å². The largest absolute Gasteiger partial charge is 0.490 e. The van der Waals surface area contributed by atoms with Gasteiger partial charge in [-0.05, 0) is 31.2 Å². The van der Waals surface area contributed by atoms with Crippen molar-refractivity contribution in [1.29, 1.82) is 0 Å². The molecule has 82 valence electrons. The van der Waals surface area contributed by atoms with Gasteiger partial charge in [0, 0.05) is 0 Å². The summed E-state index contributed by atoms with van der Waals surface area (Å²) >= 11 is 0. The van der Waals surface area contributed by atoms with E-state index >= 15 is 0 Å². The molecular weight excluding hydrogens is 201 g/mol. The molecule has 1 atom stereocenters. The summed E-state index contributed by atoms with van der Waals surface area (Å²) in [5.74, 6) is -0.897. The van der Waals surface area contributed by atoms with Crippen molar-refractivity contribution in [2.75, 3.05) is 6.61 Å². The maximum atomic E-state index is 12.5. The number of primary amides is 1. The van der Waals surface area contributed by atoms with Crippen molar-refractivity contribution in [3.63, 3.8) is 0 Å². The number of rotatable bonds is 4. The van der Waals surface area contributed by atoms with Gasteiger partial charge in [0.15, 0.2) is 5.60 Å². The molecule has 1 aromatic carbocycles. The summed E-state index contributed by atoms with van der Waals surface area (Å²) in [4.78, 5) is 10.7. The van der Waals surface area contributed by atoms with E-state index in [1.165, 1.54) is 31.2 Å². The number of carbonyl (C=O) groups excluding carboxylic acids is 1. The first-order valence-corrected chi connectivity index (χ1v) is 4.32. The Morgan fingerprint density at radius 1 is 1.53 bits per heavy atom. The predicted molar refractivity (Wildman–Crippen MR) is 51.7 cm³/mol. The monoisotopic (exact) mass is 213 g/mol. The lowest BCUT2D eigenvalue weighted by molar-refractivity contribution is -0.137. The maximum absolute atomic E-state index is 12.5. The fraction of sp³-hybridized carbons (Fsp3) is 0.300. The van der Waals surface area contributed by atoms with Crippen LogP contribution >= 0.6 is 0 Å². The smallest absolute Gasteiger partial charge is 0.252 e. The summed E-state index contributed by atoms with van der Waals surface area (Å²) in [6.07, 6.45) is 0. The fourth-order valence-corrected chi connectivity index (χ4v) is 0.826. The molecule has 4 nitrogen and oxygen atoms in total.